The second-order valence-corrected chi connectivity index (χ2v) is 7.22. The van der Waals surface area contributed by atoms with Crippen molar-refractivity contribution in [1.82, 2.24) is 14.9 Å². The maximum Gasteiger partial charge on any atom is 0.211 e. The van der Waals surface area contributed by atoms with Crippen LogP contribution in [0.4, 0.5) is 0 Å². The molecule has 22 heavy (non-hydrogen) atoms. The summed E-state index contributed by atoms with van der Waals surface area (Å²) < 4.78 is 25.2. The van der Waals surface area contributed by atoms with Crippen molar-refractivity contribution in [3.63, 3.8) is 0 Å². The van der Waals surface area contributed by atoms with Crippen LogP contribution in [-0.2, 0) is 16.6 Å². The highest BCUT2D eigenvalue weighted by Crippen LogP contribution is 2.16. The highest BCUT2D eigenvalue weighted by Gasteiger charge is 2.09. The summed E-state index contributed by atoms with van der Waals surface area (Å²) >= 11 is 6.15. The zero-order valence-electron chi connectivity index (χ0n) is 13.1. The van der Waals surface area contributed by atoms with Gasteiger partial charge in [0.15, 0.2) is 5.96 Å². The van der Waals surface area contributed by atoms with Crippen LogP contribution >= 0.6 is 11.6 Å². The summed E-state index contributed by atoms with van der Waals surface area (Å²) in [6.45, 7) is 2.99. The molecule has 1 rings (SSSR count). The number of halogens is 1. The molecule has 1 aromatic rings. The van der Waals surface area contributed by atoms with Crippen molar-refractivity contribution >= 4 is 27.6 Å². The van der Waals surface area contributed by atoms with Crippen molar-refractivity contribution in [2.45, 2.75) is 13.5 Å². The number of nitrogens with zero attached hydrogens (tertiary/aromatic N) is 2. The van der Waals surface area contributed by atoms with Crippen molar-refractivity contribution in [2.75, 3.05) is 32.9 Å². The highest BCUT2D eigenvalue weighted by atomic mass is 35.5. The minimum absolute atomic E-state index is 0.0775. The Morgan fingerprint density at radius 3 is 2.59 bits per heavy atom. The van der Waals surface area contributed by atoms with Gasteiger partial charge in [0.05, 0.1) is 5.75 Å². The van der Waals surface area contributed by atoms with E-state index >= 15 is 0 Å². The molecule has 0 radical (unpaired) electrons. The fourth-order valence-electron chi connectivity index (χ4n) is 1.82. The number of rotatable bonds is 7. The standard InChI is InChI=1S/C14H23ClN4O2S/c1-4-22(20,21)18-10-9-17-14(16-2)19(3)11-12-7-5-6-8-13(12)15/h5-8,18H,4,9-11H2,1-3H3,(H,16,17). The summed E-state index contributed by atoms with van der Waals surface area (Å²) in [5.74, 6) is 0.754. The molecule has 0 aromatic heterocycles. The van der Waals surface area contributed by atoms with Crippen molar-refractivity contribution in [2.24, 2.45) is 4.99 Å². The smallest absolute Gasteiger partial charge is 0.211 e. The molecule has 0 fully saturated rings. The molecule has 0 saturated carbocycles. The fourth-order valence-corrected chi connectivity index (χ4v) is 2.64. The number of benzene rings is 1. The number of hydrogen-bond acceptors (Lipinski definition) is 3. The summed E-state index contributed by atoms with van der Waals surface area (Å²) in [5.41, 5.74) is 1.00. The van der Waals surface area contributed by atoms with Crippen LogP contribution in [0.2, 0.25) is 5.02 Å². The number of hydrogen-bond donors (Lipinski definition) is 2. The third-order valence-corrected chi connectivity index (χ3v) is 4.82. The first-order valence-corrected chi connectivity index (χ1v) is 9.05. The fraction of sp³-hybridized carbons (Fsp3) is 0.500. The Labute approximate surface area is 137 Å². The van der Waals surface area contributed by atoms with Crippen LogP contribution < -0.4 is 10.0 Å². The Hall–Kier alpha value is -1.31. The number of guanidine groups is 1. The molecule has 0 unspecified atom stereocenters. The van der Waals surface area contributed by atoms with Gasteiger partial charge in [-0.2, -0.15) is 0 Å². The van der Waals surface area contributed by atoms with Crippen molar-refractivity contribution in [3.05, 3.63) is 34.9 Å². The SMILES string of the molecule is CCS(=O)(=O)NCCNC(=NC)N(C)Cc1ccccc1Cl. The van der Waals surface area contributed by atoms with Gasteiger partial charge in [0.1, 0.15) is 0 Å². The average Bonchev–Trinajstić information content (AvgIpc) is 2.49. The molecule has 0 amide bonds. The highest BCUT2D eigenvalue weighted by molar-refractivity contribution is 7.89. The molecule has 0 saturated heterocycles. The van der Waals surface area contributed by atoms with Crippen LogP contribution in [0.5, 0.6) is 0 Å². The van der Waals surface area contributed by atoms with Crippen LogP contribution in [0, 0.1) is 0 Å². The van der Waals surface area contributed by atoms with Gasteiger partial charge in [0, 0.05) is 38.8 Å². The van der Waals surface area contributed by atoms with E-state index in [2.05, 4.69) is 15.0 Å². The van der Waals surface area contributed by atoms with E-state index in [1.54, 1.807) is 14.0 Å². The first kappa shape index (κ1) is 18.7. The van der Waals surface area contributed by atoms with Crippen LogP contribution in [0.15, 0.2) is 29.3 Å². The molecule has 0 aliphatic heterocycles. The molecule has 0 bridgehead atoms. The normalized spacial score (nSPS) is 12.3. The summed E-state index contributed by atoms with van der Waals surface area (Å²) in [5, 5.41) is 3.82. The third-order valence-electron chi connectivity index (χ3n) is 3.05. The Morgan fingerprint density at radius 1 is 1.32 bits per heavy atom. The van der Waals surface area contributed by atoms with Gasteiger partial charge in [-0.1, -0.05) is 29.8 Å². The molecule has 0 heterocycles. The molecule has 6 nitrogen and oxygen atoms in total. The molecule has 0 aliphatic carbocycles. The minimum atomic E-state index is -3.16. The Bertz CT molecular complexity index is 605. The third kappa shape index (κ3) is 6.21. The van der Waals surface area contributed by atoms with E-state index < -0.39 is 10.0 Å². The molecule has 0 atom stereocenters. The molecule has 2 N–H and O–H groups in total. The van der Waals surface area contributed by atoms with Gasteiger partial charge in [0.25, 0.3) is 0 Å². The van der Waals surface area contributed by atoms with Crippen LogP contribution in [0.25, 0.3) is 0 Å². The summed E-state index contributed by atoms with van der Waals surface area (Å²) in [4.78, 5) is 6.11. The zero-order valence-corrected chi connectivity index (χ0v) is 14.7. The van der Waals surface area contributed by atoms with E-state index in [9.17, 15) is 8.42 Å². The summed E-state index contributed by atoms with van der Waals surface area (Å²) in [6, 6.07) is 7.63. The van der Waals surface area contributed by atoms with E-state index in [-0.39, 0.29) is 5.75 Å². The number of aliphatic imine (C=N–C) groups is 1. The minimum Gasteiger partial charge on any atom is -0.355 e. The Kier molecular flexibility index (Phi) is 7.64. The second-order valence-electron chi connectivity index (χ2n) is 4.72. The maximum atomic E-state index is 11.3. The van der Waals surface area contributed by atoms with Crippen molar-refractivity contribution < 1.29 is 8.42 Å². The zero-order chi connectivity index (χ0) is 16.6. The number of sulfonamides is 1. The van der Waals surface area contributed by atoms with Gasteiger partial charge in [-0.05, 0) is 18.6 Å². The molecule has 1 aromatic carbocycles. The second kappa shape index (κ2) is 8.97. The van der Waals surface area contributed by atoms with Gasteiger partial charge in [-0.3, -0.25) is 4.99 Å². The van der Waals surface area contributed by atoms with E-state index in [0.717, 1.165) is 5.56 Å². The molecule has 124 valence electrons. The largest absolute Gasteiger partial charge is 0.355 e. The summed E-state index contributed by atoms with van der Waals surface area (Å²) in [7, 11) is 0.420. The van der Waals surface area contributed by atoms with Crippen molar-refractivity contribution in [1.29, 1.82) is 0 Å². The summed E-state index contributed by atoms with van der Waals surface area (Å²) in [6.07, 6.45) is 0. The predicted octanol–water partition coefficient (Wildman–Crippen LogP) is 1.29. The van der Waals surface area contributed by atoms with E-state index in [4.69, 9.17) is 11.6 Å². The lowest BCUT2D eigenvalue weighted by molar-refractivity contribution is 0.477. The van der Waals surface area contributed by atoms with Gasteiger partial charge in [0.2, 0.25) is 10.0 Å². The van der Waals surface area contributed by atoms with E-state index in [1.807, 2.05) is 36.2 Å². The molecule has 0 aliphatic rings. The van der Waals surface area contributed by atoms with E-state index in [1.165, 1.54) is 0 Å². The number of nitrogens with one attached hydrogen (secondary N) is 2. The maximum absolute atomic E-state index is 11.3. The molecule has 8 heteroatoms. The topological polar surface area (TPSA) is 73.8 Å². The first-order chi connectivity index (χ1) is 10.4. The Morgan fingerprint density at radius 2 is 2.00 bits per heavy atom. The van der Waals surface area contributed by atoms with Gasteiger partial charge >= 0.3 is 0 Å². The lowest BCUT2D eigenvalue weighted by Crippen LogP contribution is -2.42. The monoisotopic (exact) mass is 346 g/mol. The van der Waals surface area contributed by atoms with Crippen LogP contribution in [-0.4, -0.2) is 52.2 Å². The van der Waals surface area contributed by atoms with Crippen LogP contribution in [0.3, 0.4) is 0 Å². The quantitative estimate of drug-likeness (QED) is 0.443. The molecular formula is C14H23ClN4O2S. The van der Waals surface area contributed by atoms with Gasteiger partial charge in [-0.25, -0.2) is 13.1 Å². The molecule has 0 spiro atoms. The Balaban J connectivity index is 2.49. The average molecular weight is 347 g/mol. The van der Waals surface area contributed by atoms with Crippen molar-refractivity contribution in [3.8, 4) is 0 Å². The van der Waals surface area contributed by atoms with Gasteiger partial charge < -0.3 is 10.2 Å². The lowest BCUT2D eigenvalue weighted by atomic mass is 10.2. The van der Waals surface area contributed by atoms with Gasteiger partial charge in [-0.15, -0.1) is 0 Å². The first-order valence-electron chi connectivity index (χ1n) is 7.02. The van der Waals surface area contributed by atoms with E-state index in [0.29, 0.717) is 30.6 Å². The predicted molar refractivity (Wildman–Crippen MR) is 91.7 cm³/mol. The lowest BCUT2D eigenvalue weighted by Gasteiger charge is -2.22. The molecular weight excluding hydrogens is 324 g/mol. The van der Waals surface area contributed by atoms with Crippen LogP contribution in [0.1, 0.15) is 12.5 Å².